The molecule has 2 nitrogen and oxygen atoms in total. The molecular formula is C10H14N2S2. The third kappa shape index (κ3) is 3.70. The summed E-state index contributed by atoms with van der Waals surface area (Å²) < 4.78 is 1.28. The van der Waals surface area contributed by atoms with E-state index in [1.807, 2.05) is 6.07 Å². The summed E-state index contributed by atoms with van der Waals surface area (Å²) in [6.45, 7) is 3.88. The maximum Gasteiger partial charge on any atom is 0.102 e. The molecule has 0 aromatic carbocycles. The minimum Gasteiger partial charge on any atom is -0.314 e. The number of thioether (sulfide) groups is 1. The van der Waals surface area contributed by atoms with Crippen molar-refractivity contribution in [2.24, 2.45) is 5.73 Å². The summed E-state index contributed by atoms with van der Waals surface area (Å²) in [5.74, 6) is 0. The first kappa shape index (κ1) is 11.6. The van der Waals surface area contributed by atoms with Crippen molar-refractivity contribution in [3.63, 3.8) is 0 Å². The Balaban J connectivity index is 2.45. The summed E-state index contributed by atoms with van der Waals surface area (Å²) in [5, 5.41) is 11.2. The molecule has 1 aromatic rings. The molecule has 0 radical (unpaired) electrons. The molecule has 0 fully saturated rings. The Morgan fingerprint density at radius 3 is 3.00 bits per heavy atom. The zero-order valence-corrected chi connectivity index (χ0v) is 9.99. The van der Waals surface area contributed by atoms with Crippen molar-refractivity contribution in [2.75, 3.05) is 0 Å². The molecule has 0 aliphatic rings. The van der Waals surface area contributed by atoms with Crippen LogP contribution in [0.4, 0.5) is 0 Å². The Hall–Kier alpha value is -0.500. The molecule has 2 atom stereocenters. The van der Waals surface area contributed by atoms with Crippen LogP contribution >= 0.6 is 23.1 Å². The fourth-order valence-corrected chi connectivity index (χ4v) is 3.53. The monoisotopic (exact) mass is 226 g/mol. The smallest absolute Gasteiger partial charge is 0.102 e. The molecule has 2 N–H and O–H groups in total. The quantitative estimate of drug-likeness (QED) is 0.803. The average Bonchev–Trinajstić information content (AvgIpc) is 2.55. The zero-order chi connectivity index (χ0) is 10.6. The van der Waals surface area contributed by atoms with E-state index in [-0.39, 0.29) is 0 Å². The molecule has 1 aromatic heterocycles. The summed E-state index contributed by atoms with van der Waals surface area (Å²) in [6.07, 6.45) is 0.714. The van der Waals surface area contributed by atoms with Crippen molar-refractivity contribution < 1.29 is 0 Å². The Kier molecular flexibility index (Phi) is 3.99. The van der Waals surface area contributed by atoms with Crippen LogP contribution in [0.5, 0.6) is 0 Å². The van der Waals surface area contributed by atoms with Crippen molar-refractivity contribution in [3.8, 4) is 6.07 Å². The van der Waals surface area contributed by atoms with Gasteiger partial charge < -0.3 is 5.73 Å². The van der Waals surface area contributed by atoms with Gasteiger partial charge in [0.25, 0.3) is 0 Å². The lowest BCUT2D eigenvalue weighted by Gasteiger charge is -2.19. The highest BCUT2D eigenvalue weighted by atomic mass is 32.2. The number of thiophene rings is 1. The third-order valence-electron chi connectivity index (χ3n) is 1.78. The Morgan fingerprint density at radius 2 is 2.50 bits per heavy atom. The van der Waals surface area contributed by atoms with E-state index >= 15 is 0 Å². The number of hydrogen-bond acceptors (Lipinski definition) is 4. The van der Waals surface area contributed by atoms with Crippen LogP contribution in [0.15, 0.2) is 21.7 Å². The molecule has 14 heavy (non-hydrogen) atoms. The van der Waals surface area contributed by atoms with Gasteiger partial charge in [-0.05, 0) is 24.8 Å². The Labute approximate surface area is 93.1 Å². The fraction of sp³-hybridized carbons (Fsp3) is 0.500. The molecule has 0 bridgehead atoms. The minimum atomic E-state index is -0.705. The molecule has 0 aliphatic heterocycles. The second kappa shape index (κ2) is 4.83. The van der Waals surface area contributed by atoms with Crippen molar-refractivity contribution in [1.82, 2.24) is 0 Å². The van der Waals surface area contributed by atoms with Crippen molar-refractivity contribution >= 4 is 23.1 Å². The summed E-state index contributed by atoms with van der Waals surface area (Å²) in [5.41, 5.74) is 5.07. The molecule has 1 rings (SSSR count). The lowest BCUT2D eigenvalue weighted by molar-refractivity contribution is 0.545. The van der Waals surface area contributed by atoms with Gasteiger partial charge in [-0.25, -0.2) is 0 Å². The third-order valence-corrected chi connectivity index (χ3v) is 3.96. The fourth-order valence-electron chi connectivity index (χ4n) is 1.21. The Bertz CT molecular complexity index is 311. The normalized spacial score (nSPS) is 17.0. The molecule has 0 aliphatic carbocycles. The van der Waals surface area contributed by atoms with Crippen LogP contribution < -0.4 is 5.73 Å². The maximum atomic E-state index is 8.79. The molecular weight excluding hydrogens is 212 g/mol. The zero-order valence-electron chi connectivity index (χ0n) is 8.36. The molecule has 0 amide bonds. The van der Waals surface area contributed by atoms with E-state index < -0.39 is 5.54 Å². The summed E-state index contributed by atoms with van der Waals surface area (Å²) in [7, 11) is 0. The van der Waals surface area contributed by atoms with E-state index in [0.717, 1.165) is 0 Å². The molecule has 0 spiro atoms. The molecule has 0 saturated heterocycles. The van der Waals surface area contributed by atoms with Gasteiger partial charge in [-0.3, -0.25) is 0 Å². The van der Waals surface area contributed by atoms with Crippen LogP contribution in [-0.2, 0) is 0 Å². The van der Waals surface area contributed by atoms with E-state index in [1.165, 1.54) is 4.21 Å². The largest absolute Gasteiger partial charge is 0.314 e. The van der Waals surface area contributed by atoms with E-state index in [2.05, 4.69) is 24.4 Å². The number of nitrogens with zero attached hydrogens (tertiary/aromatic N) is 1. The van der Waals surface area contributed by atoms with Gasteiger partial charge in [-0.15, -0.1) is 23.1 Å². The van der Waals surface area contributed by atoms with Crippen LogP contribution in [0.25, 0.3) is 0 Å². The van der Waals surface area contributed by atoms with Gasteiger partial charge in [0.05, 0.1) is 10.3 Å². The second-order valence-electron chi connectivity index (χ2n) is 3.59. The predicted octanol–water partition coefficient (Wildman–Crippen LogP) is 2.86. The van der Waals surface area contributed by atoms with E-state index in [0.29, 0.717) is 11.7 Å². The van der Waals surface area contributed by atoms with Crippen molar-refractivity contribution in [1.29, 1.82) is 5.26 Å². The van der Waals surface area contributed by atoms with Crippen LogP contribution in [-0.4, -0.2) is 10.8 Å². The molecule has 4 heteroatoms. The maximum absolute atomic E-state index is 8.79. The lowest BCUT2D eigenvalue weighted by Crippen LogP contribution is -2.36. The minimum absolute atomic E-state index is 0.378. The molecule has 1 heterocycles. The summed E-state index contributed by atoms with van der Waals surface area (Å²) >= 11 is 3.50. The lowest BCUT2D eigenvalue weighted by atomic mass is 10.00. The molecule has 2 unspecified atom stereocenters. The van der Waals surface area contributed by atoms with E-state index in [4.69, 9.17) is 11.0 Å². The van der Waals surface area contributed by atoms with Gasteiger partial charge in [0.2, 0.25) is 0 Å². The van der Waals surface area contributed by atoms with Gasteiger partial charge in [0.15, 0.2) is 0 Å². The SMILES string of the molecule is CC(CC(C)(N)C#N)Sc1cccs1. The van der Waals surface area contributed by atoms with Crippen molar-refractivity contribution in [2.45, 2.75) is 35.3 Å². The van der Waals surface area contributed by atoms with Crippen LogP contribution in [0.1, 0.15) is 20.3 Å². The molecule has 76 valence electrons. The van der Waals surface area contributed by atoms with Gasteiger partial charge in [-0.1, -0.05) is 13.0 Å². The first-order valence-electron chi connectivity index (χ1n) is 4.44. The first-order chi connectivity index (χ1) is 6.53. The van der Waals surface area contributed by atoms with E-state index in [9.17, 15) is 0 Å². The summed E-state index contributed by atoms with van der Waals surface area (Å²) in [6, 6.07) is 6.24. The Morgan fingerprint density at radius 1 is 1.79 bits per heavy atom. The highest BCUT2D eigenvalue weighted by molar-refractivity contribution is 8.01. The summed E-state index contributed by atoms with van der Waals surface area (Å²) in [4.78, 5) is 0. The van der Waals surface area contributed by atoms with Crippen LogP contribution in [0, 0.1) is 11.3 Å². The number of nitrogens with two attached hydrogens (primary N) is 1. The van der Waals surface area contributed by atoms with Crippen molar-refractivity contribution in [3.05, 3.63) is 17.5 Å². The van der Waals surface area contributed by atoms with Gasteiger partial charge in [0, 0.05) is 5.25 Å². The second-order valence-corrected chi connectivity index (χ2v) is 6.28. The number of rotatable bonds is 4. The topological polar surface area (TPSA) is 49.8 Å². The highest BCUT2D eigenvalue weighted by Crippen LogP contribution is 2.30. The van der Waals surface area contributed by atoms with Crippen LogP contribution in [0.3, 0.4) is 0 Å². The predicted molar refractivity (Wildman–Crippen MR) is 62.5 cm³/mol. The van der Waals surface area contributed by atoms with Crippen LogP contribution in [0.2, 0.25) is 0 Å². The standard InChI is InChI=1S/C10H14N2S2/c1-8(6-10(2,12)7-11)14-9-4-3-5-13-9/h3-5,8H,6,12H2,1-2H3. The van der Waals surface area contributed by atoms with Gasteiger partial charge in [-0.2, -0.15) is 5.26 Å². The highest BCUT2D eigenvalue weighted by Gasteiger charge is 2.21. The van der Waals surface area contributed by atoms with Gasteiger partial charge in [0.1, 0.15) is 5.54 Å². The van der Waals surface area contributed by atoms with Gasteiger partial charge >= 0.3 is 0 Å². The molecule has 0 saturated carbocycles. The van der Waals surface area contributed by atoms with E-state index in [1.54, 1.807) is 30.0 Å². The average molecular weight is 226 g/mol. The number of nitriles is 1. The number of hydrogen-bond donors (Lipinski definition) is 1. The first-order valence-corrected chi connectivity index (χ1v) is 6.20.